The van der Waals surface area contributed by atoms with Crippen molar-refractivity contribution in [3.63, 3.8) is 0 Å². The van der Waals surface area contributed by atoms with Crippen LogP contribution < -0.4 is 9.64 Å². The number of ether oxygens (including phenoxy) is 1. The molecular weight excluding hydrogens is 486 g/mol. The van der Waals surface area contributed by atoms with Crippen molar-refractivity contribution < 1.29 is 24.4 Å². The molecule has 5 rings (SSSR count). The molecule has 2 aromatic carbocycles. The predicted octanol–water partition coefficient (Wildman–Crippen LogP) is 4.22. The van der Waals surface area contributed by atoms with Gasteiger partial charge in [-0.3, -0.25) is 19.7 Å². The molecule has 3 unspecified atom stereocenters. The summed E-state index contributed by atoms with van der Waals surface area (Å²) >= 11 is 7.93. The number of carbonyl (C=O) groups excluding carboxylic acids is 2. The average Bonchev–Trinajstić information content (AvgIpc) is 3.29. The van der Waals surface area contributed by atoms with E-state index in [4.69, 9.17) is 17.0 Å². The number of carbonyl (C=O) groups is 2. The third-order valence-corrected chi connectivity index (χ3v) is 8.46. The van der Waals surface area contributed by atoms with E-state index in [1.165, 1.54) is 60.5 Å². The molecule has 2 aliphatic heterocycles. The Morgan fingerprint density at radius 2 is 1.91 bits per heavy atom. The number of benzene rings is 2. The quantitative estimate of drug-likeness (QED) is 0.236. The topological polar surface area (TPSA) is 126 Å². The minimum absolute atomic E-state index is 0.0359. The van der Waals surface area contributed by atoms with Crippen LogP contribution in [0.15, 0.2) is 47.5 Å². The fraction of sp³-hybridized carbons (Fsp3) is 0.190. The summed E-state index contributed by atoms with van der Waals surface area (Å²) < 4.78 is 5.79. The molecule has 12 heteroatoms. The molecule has 2 amide bonds. The number of anilines is 1. The number of aromatic nitrogens is 1. The van der Waals surface area contributed by atoms with Gasteiger partial charge in [-0.1, -0.05) is 17.8 Å². The van der Waals surface area contributed by atoms with E-state index in [1.54, 1.807) is 12.1 Å². The summed E-state index contributed by atoms with van der Waals surface area (Å²) in [7, 11) is 1.44. The second-order valence-corrected chi connectivity index (χ2v) is 10.3. The van der Waals surface area contributed by atoms with Crippen LogP contribution >= 0.6 is 35.3 Å². The van der Waals surface area contributed by atoms with Crippen LogP contribution in [0.3, 0.4) is 0 Å². The molecule has 2 N–H and O–H groups in total. The number of thiazole rings is 1. The maximum Gasteiger partial charge on any atom is 0.269 e. The molecule has 0 bridgehead atoms. The number of hydrogen-bond donors (Lipinski definition) is 2. The van der Waals surface area contributed by atoms with E-state index in [0.717, 1.165) is 14.8 Å². The monoisotopic (exact) mass is 501 g/mol. The first-order chi connectivity index (χ1) is 15.8. The van der Waals surface area contributed by atoms with Gasteiger partial charge in [-0.15, -0.1) is 11.3 Å². The fourth-order valence-electron chi connectivity index (χ4n) is 4.24. The number of hydrogen-bond acceptors (Lipinski definition) is 9. The van der Waals surface area contributed by atoms with Crippen molar-refractivity contribution >= 4 is 58.5 Å². The summed E-state index contributed by atoms with van der Waals surface area (Å²) in [6.45, 7) is 0. The maximum absolute atomic E-state index is 13.6. The number of H-pyrrole nitrogens is 1. The van der Waals surface area contributed by atoms with Gasteiger partial charge in [-0.25, -0.2) is 4.90 Å². The van der Waals surface area contributed by atoms with E-state index >= 15 is 0 Å². The van der Waals surface area contributed by atoms with Crippen LogP contribution in [0, 0.1) is 20.0 Å². The van der Waals surface area contributed by atoms with Crippen molar-refractivity contribution in [1.29, 1.82) is 0 Å². The standard InChI is InChI=1S/C21H15N3O6S3/c1-30-13-8-9(2-7-12(13)25)14-15-17(32-18-16(14)33-21(31)22-18)20(27)23(19(15)26)10-3-5-11(6-4-10)24(28)29/h2-8,14-15,17,25H,1H3,(H,22,31). The van der Waals surface area contributed by atoms with Gasteiger partial charge in [0.1, 0.15) is 5.25 Å². The van der Waals surface area contributed by atoms with Crippen molar-refractivity contribution in [3.8, 4) is 11.5 Å². The van der Waals surface area contributed by atoms with E-state index in [0.29, 0.717) is 9.52 Å². The van der Waals surface area contributed by atoms with Gasteiger partial charge in [0.25, 0.3) is 5.69 Å². The van der Waals surface area contributed by atoms with Gasteiger partial charge >= 0.3 is 0 Å². The number of rotatable bonds is 4. The number of phenols is 1. The second kappa shape index (κ2) is 7.97. The number of nitro benzene ring substituents is 1. The van der Waals surface area contributed by atoms with Gasteiger partial charge in [0, 0.05) is 22.9 Å². The van der Waals surface area contributed by atoms with E-state index in [9.17, 15) is 24.8 Å². The first-order valence-corrected chi connectivity index (χ1v) is 11.8. The molecule has 0 saturated carbocycles. The summed E-state index contributed by atoms with van der Waals surface area (Å²) in [5, 5.41) is 21.1. The van der Waals surface area contributed by atoms with E-state index < -0.39 is 33.8 Å². The number of thioether (sulfide) groups is 1. The molecule has 1 aromatic heterocycles. The van der Waals surface area contributed by atoms with Gasteiger partial charge < -0.3 is 14.8 Å². The molecule has 0 spiro atoms. The SMILES string of the molecule is COc1cc(C2c3sc(=S)[nH]c3SC3C(=O)N(c4ccc([N+](=O)[O-])cc4)C(=O)C32)ccc1O. The summed E-state index contributed by atoms with van der Waals surface area (Å²) in [5.74, 6) is -1.78. The highest BCUT2D eigenvalue weighted by Crippen LogP contribution is 2.54. The molecule has 2 aliphatic rings. The number of non-ortho nitro benzene ring substituents is 1. The number of methoxy groups -OCH3 is 1. The second-order valence-electron chi connectivity index (χ2n) is 7.47. The molecule has 3 atom stereocenters. The first-order valence-electron chi connectivity index (χ1n) is 9.69. The normalized spacial score (nSPS) is 21.6. The Hall–Kier alpha value is -3.22. The van der Waals surface area contributed by atoms with Crippen molar-refractivity contribution in [2.45, 2.75) is 16.2 Å². The minimum Gasteiger partial charge on any atom is -0.504 e. The van der Waals surface area contributed by atoms with Crippen LogP contribution in [-0.2, 0) is 9.59 Å². The third kappa shape index (κ3) is 3.41. The highest BCUT2D eigenvalue weighted by molar-refractivity contribution is 8.01. The number of fused-ring (bicyclic) bond motifs is 2. The predicted molar refractivity (Wildman–Crippen MR) is 125 cm³/mol. The zero-order valence-electron chi connectivity index (χ0n) is 16.9. The molecular formula is C21H15N3O6S3. The summed E-state index contributed by atoms with van der Waals surface area (Å²) in [5.41, 5.74) is 0.857. The van der Waals surface area contributed by atoms with E-state index in [2.05, 4.69) is 4.98 Å². The first kappa shape index (κ1) is 21.6. The highest BCUT2D eigenvalue weighted by Gasteiger charge is 2.56. The summed E-state index contributed by atoms with van der Waals surface area (Å²) in [6, 6.07) is 10.2. The lowest BCUT2D eigenvalue weighted by Gasteiger charge is -2.30. The molecule has 33 heavy (non-hydrogen) atoms. The van der Waals surface area contributed by atoms with Crippen LogP contribution in [0.4, 0.5) is 11.4 Å². The minimum atomic E-state index is -0.721. The van der Waals surface area contributed by atoms with Gasteiger partial charge in [-0.05, 0) is 42.0 Å². The molecule has 1 fully saturated rings. The number of aromatic amines is 1. The summed E-state index contributed by atoms with van der Waals surface area (Å²) in [6.07, 6.45) is 0. The smallest absolute Gasteiger partial charge is 0.269 e. The van der Waals surface area contributed by atoms with E-state index in [1.807, 2.05) is 0 Å². The van der Waals surface area contributed by atoms with Gasteiger partial charge in [0.05, 0.1) is 28.7 Å². The third-order valence-electron chi connectivity index (χ3n) is 5.71. The Morgan fingerprint density at radius 3 is 2.58 bits per heavy atom. The molecule has 9 nitrogen and oxygen atoms in total. The lowest BCUT2D eigenvalue weighted by atomic mass is 9.83. The Balaban J connectivity index is 1.62. The Bertz CT molecular complexity index is 1370. The van der Waals surface area contributed by atoms with Crippen LogP contribution in [0.1, 0.15) is 16.4 Å². The zero-order chi connectivity index (χ0) is 23.4. The maximum atomic E-state index is 13.6. The largest absolute Gasteiger partial charge is 0.504 e. The number of imide groups is 1. The number of aromatic hydroxyl groups is 1. The molecule has 0 radical (unpaired) electrons. The number of nitro groups is 1. The van der Waals surface area contributed by atoms with Crippen molar-refractivity contribution in [1.82, 2.24) is 4.98 Å². The number of amides is 2. The highest BCUT2D eigenvalue weighted by atomic mass is 32.2. The van der Waals surface area contributed by atoms with Gasteiger partial charge in [-0.2, -0.15) is 0 Å². The molecule has 3 aromatic rings. The van der Waals surface area contributed by atoms with Gasteiger partial charge in [0.15, 0.2) is 15.5 Å². The number of nitrogens with one attached hydrogen (secondary N) is 1. The van der Waals surface area contributed by atoms with Crippen LogP contribution in [0.2, 0.25) is 0 Å². The van der Waals surface area contributed by atoms with Crippen molar-refractivity contribution in [2.24, 2.45) is 5.92 Å². The molecule has 0 aliphatic carbocycles. The lowest BCUT2D eigenvalue weighted by molar-refractivity contribution is -0.384. The molecule has 168 valence electrons. The number of nitrogens with zero attached hydrogens (tertiary/aromatic N) is 2. The van der Waals surface area contributed by atoms with E-state index in [-0.39, 0.29) is 22.9 Å². The van der Waals surface area contributed by atoms with Crippen molar-refractivity contribution in [2.75, 3.05) is 12.0 Å². The Labute approximate surface area is 200 Å². The van der Waals surface area contributed by atoms with Crippen LogP contribution in [0.5, 0.6) is 11.5 Å². The van der Waals surface area contributed by atoms with Crippen molar-refractivity contribution in [3.05, 3.63) is 67.0 Å². The Kier molecular flexibility index (Phi) is 5.22. The van der Waals surface area contributed by atoms with Gasteiger partial charge in [0.2, 0.25) is 11.8 Å². The summed E-state index contributed by atoms with van der Waals surface area (Å²) in [4.78, 5) is 42.5. The average molecular weight is 502 g/mol. The molecule has 3 heterocycles. The Morgan fingerprint density at radius 1 is 1.18 bits per heavy atom. The fourth-order valence-corrected chi connectivity index (χ4v) is 7.20. The zero-order valence-corrected chi connectivity index (χ0v) is 19.3. The molecule has 1 saturated heterocycles. The number of phenolic OH excluding ortho intramolecular Hbond substituents is 1. The van der Waals surface area contributed by atoms with Crippen LogP contribution in [-0.4, -0.2) is 39.2 Å². The lowest BCUT2D eigenvalue weighted by Crippen LogP contribution is -2.32. The van der Waals surface area contributed by atoms with Crippen LogP contribution in [0.25, 0.3) is 0 Å².